The van der Waals surface area contributed by atoms with E-state index in [1.807, 2.05) is 36.7 Å². The van der Waals surface area contributed by atoms with Gasteiger partial charge in [-0.1, -0.05) is 400 Å². The Labute approximate surface area is 832 Å². The second kappa shape index (κ2) is 42.9. The molecule has 3 aliphatic rings. The molecule has 1 saturated heterocycles. The quantitative estimate of drug-likeness (QED) is 0.0318. The summed E-state index contributed by atoms with van der Waals surface area (Å²) in [7, 11) is -0.412. The normalized spacial score (nSPS) is 15.7. The average Bonchev–Trinajstić information content (AvgIpc) is 1.56. The molecule has 10 nitrogen and oxygen atoms in total. The summed E-state index contributed by atoms with van der Waals surface area (Å²) < 4.78 is 12.6. The van der Waals surface area contributed by atoms with Crippen molar-refractivity contribution in [1.82, 2.24) is 39.9 Å². The summed E-state index contributed by atoms with van der Waals surface area (Å²) >= 11 is 6.20. The highest BCUT2D eigenvalue weighted by molar-refractivity contribution is 6.62. The van der Waals surface area contributed by atoms with Gasteiger partial charge >= 0.3 is 7.12 Å². The summed E-state index contributed by atoms with van der Waals surface area (Å²) in [6.07, 6.45) is 28.9. The molecule has 2 atom stereocenters. The van der Waals surface area contributed by atoms with Crippen molar-refractivity contribution in [3.05, 3.63) is 338 Å². The van der Waals surface area contributed by atoms with Gasteiger partial charge in [0, 0.05) is 67.6 Å². The van der Waals surface area contributed by atoms with Gasteiger partial charge in [-0.25, -0.2) is 19.9 Å². The van der Waals surface area contributed by atoms with E-state index < -0.39 is 7.12 Å². The minimum absolute atomic E-state index is 0.0489. The summed E-state index contributed by atoms with van der Waals surface area (Å²) in [6.45, 7) is 49.0. The lowest BCUT2D eigenvalue weighted by Gasteiger charge is -2.32. The molecule has 2 unspecified atom stereocenters. The molecular formula is C126H148BClN8O2. The van der Waals surface area contributed by atoms with Crippen LogP contribution in [0.5, 0.6) is 0 Å². The van der Waals surface area contributed by atoms with Crippen LogP contribution in [-0.4, -0.2) is 58.2 Å². The van der Waals surface area contributed by atoms with E-state index in [1.54, 1.807) is 0 Å². The van der Waals surface area contributed by atoms with E-state index in [0.29, 0.717) is 29.1 Å². The van der Waals surface area contributed by atoms with E-state index in [1.165, 1.54) is 203 Å². The Kier molecular flexibility index (Phi) is 31.4. The molecular weight excluding hydrogens is 1700 g/mol. The van der Waals surface area contributed by atoms with E-state index >= 15 is 0 Å². The molecule has 714 valence electrons. The average molecular weight is 1850 g/mol. The number of halogens is 1. The van der Waals surface area contributed by atoms with Gasteiger partial charge in [-0.05, 0) is 257 Å². The highest BCUT2D eigenvalue weighted by atomic mass is 35.5. The molecule has 4 aromatic heterocycles. The van der Waals surface area contributed by atoms with Crippen molar-refractivity contribution in [2.45, 2.75) is 324 Å². The first-order valence-corrected chi connectivity index (χ1v) is 51.9. The third-order valence-corrected chi connectivity index (χ3v) is 29.5. The number of rotatable bonds is 30. The lowest BCUT2D eigenvalue weighted by Crippen LogP contribution is -2.41. The van der Waals surface area contributed by atoms with Gasteiger partial charge in [-0.15, -0.1) is 0 Å². The third-order valence-electron chi connectivity index (χ3n) is 29.4. The van der Waals surface area contributed by atoms with Crippen molar-refractivity contribution in [2.24, 2.45) is 0 Å². The van der Waals surface area contributed by atoms with Crippen LogP contribution >= 0.6 is 11.6 Å². The van der Waals surface area contributed by atoms with Gasteiger partial charge in [0.15, 0.2) is 29.1 Å². The molecule has 5 heterocycles. The molecule has 0 radical (unpaired) electrons. The highest BCUT2D eigenvalue weighted by Crippen LogP contribution is 2.56. The fourth-order valence-corrected chi connectivity index (χ4v) is 20.0. The number of aromatic nitrogens is 8. The smallest absolute Gasteiger partial charge is 0.399 e. The molecule has 138 heavy (non-hydrogen) atoms. The number of benzene rings is 10. The second-order valence-electron chi connectivity index (χ2n) is 44.5. The van der Waals surface area contributed by atoms with Crippen LogP contribution < -0.4 is 5.46 Å². The first-order chi connectivity index (χ1) is 65.9. The lowest BCUT2D eigenvalue weighted by atomic mass is 9.72. The lowest BCUT2D eigenvalue weighted by molar-refractivity contribution is 0.00578. The van der Waals surface area contributed by atoms with Crippen LogP contribution in [0.3, 0.4) is 0 Å². The van der Waals surface area contributed by atoms with Crippen molar-refractivity contribution >= 4 is 24.2 Å². The predicted molar refractivity (Wildman–Crippen MR) is 582 cm³/mol. The van der Waals surface area contributed by atoms with Crippen LogP contribution in [0.1, 0.15) is 333 Å². The van der Waals surface area contributed by atoms with Crippen LogP contribution in [0.15, 0.2) is 255 Å². The molecule has 1 aliphatic heterocycles. The summed E-state index contributed by atoms with van der Waals surface area (Å²) in [5.74, 6) is 3.08. The SMILES string of the molecule is CC(C)(C)c1ccc(-c2nc(Cl)nc(-c3ccc(C(C)(C)C)cc3)n2)cc1.CCCCCCc1cc(CCCCCC)cc(C2(C)c3ccccc3-c3ccc(-c4ccc(-c5nc(-c6ccc(C(C)(C)C)cc6)nc(-c6ccc(C(C)(C)C)cc6)n5)cn4)cc32)c1.CCCCCCc1cc(CCCCCC)cc(C2(C)c3ccccc3-c3ccc(-c4ccc(B5OC(C)(C)C(C)(C)O5)cn4)cc32)c1. The second-order valence-corrected chi connectivity index (χ2v) is 44.9. The van der Waals surface area contributed by atoms with Crippen LogP contribution in [0, 0.1) is 0 Å². The van der Waals surface area contributed by atoms with Crippen LogP contribution in [-0.2, 0) is 67.5 Å². The van der Waals surface area contributed by atoms with Gasteiger partial charge < -0.3 is 9.31 Å². The molecule has 0 spiro atoms. The zero-order valence-corrected chi connectivity index (χ0v) is 87.5. The Hall–Kier alpha value is -11.2. The van der Waals surface area contributed by atoms with Gasteiger partial charge in [0.1, 0.15) is 0 Å². The van der Waals surface area contributed by atoms with Gasteiger partial charge in [-0.2, -0.15) is 9.97 Å². The van der Waals surface area contributed by atoms with E-state index in [0.717, 1.165) is 81.5 Å². The molecule has 1 fully saturated rings. The number of fused-ring (bicyclic) bond motifs is 6. The van der Waals surface area contributed by atoms with Crippen molar-refractivity contribution in [2.75, 3.05) is 0 Å². The van der Waals surface area contributed by atoms with E-state index in [-0.39, 0.29) is 49.0 Å². The maximum atomic E-state index is 6.30. The molecule has 12 heteroatoms. The Balaban J connectivity index is 0.000000170. The highest BCUT2D eigenvalue weighted by Gasteiger charge is 2.52. The van der Waals surface area contributed by atoms with Crippen molar-refractivity contribution < 1.29 is 9.31 Å². The van der Waals surface area contributed by atoms with Crippen molar-refractivity contribution in [1.29, 1.82) is 0 Å². The molecule has 14 aromatic rings. The van der Waals surface area contributed by atoms with Crippen LogP contribution in [0.2, 0.25) is 5.28 Å². The zero-order valence-electron chi connectivity index (χ0n) is 86.7. The van der Waals surface area contributed by atoms with Crippen LogP contribution in [0.4, 0.5) is 0 Å². The maximum Gasteiger partial charge on any atom is 0.496 e. The zero-order chi connectivity index (χ0) is 98.1. The standard InChI is InChI=1S/C60H68N4.C43H54BNO2.C23H26ClN3/c1-10-12-14-16-20-41-36-42(21-17-15-13-11-2)38-49(37-41)60(9)52-23-19-18-22-50(52)51-34-28-45(39-53(51)60)54-35-29-46(40-61-54)57-63-55(43-24-30-47(31-25-43)58(3,4)5)62-56(64-57)44-26-32-48(33-27-44)59(6,7)8;1-8-10-12-14-18-31-26-32(19-15-13-11-9-2)28-34(27-31)43(7)38-21-17-16-20-36(38)37-24-22-33(29-39(37)43)40-25-23-35(30-45-40)44-46-41(3,4)42(5,6)47-44;1-22(2,3)17-11-7-15(8-12-17)19-25-20(27-21(24)26-19)16-9-13-18(14-10-16)23(4,5)6/h18-19,22-40H,10-17,20-21H2,1-9H3;16-17,20-30H,8-15,18-19H2,1-7H3;7-14H,1-6H3. The monoisotopic (exact) mass is 1850 g/mol. The van der Waals surface area contributed by atoms with E-state index in [9.17, 15) is 0 Å². The maximum absolute atomic E-state index is 6.30. The molecule has 0 amide bonds. The van der Waals surface area contributed by atoms with Gasteiger partial charge in [0.25, 0.3) is 0 Å². The van der Waals surface area contributed by atoms with E-state index in [4.69, 9.17) is 45.8 Å². The minimum atomic E-state index is -0.412. The summed E-state index contributed by atoms with van der Waals surface area (Å²) in [5, 5.41) is 0.204. The number of aryl methyl sites for hydroxylation is 4. The Morgan fingerprint density at radius 1 is 0.275 bits per heavy atom. The molecule has 17 rings (SSSR count). The predicted octanol–water partition coefficient (Wildman–Crippen LogP) is 33.2. The first kappa shape index (κ1) is 101. The van der Waals surface area contributed by atoms with Crippen LogP contribution in [0.25, 0.3) is 102 Å². The van der Waals surface area contributed by atoms with Gasteiger partial charge in [0.2, 0.25) is 5.28 Å². The van der Waals surface area contributed by atoms with Crippen molar-refractivity contribution in [3.63, 3.8) is 0 Å². The fourth-order valence-electron chi connectivity index (χ4n) is 19.9. The van der Waals surface area contributed by atoms with Crippen molar-refractivity contribution in [3.8, 4) is 102 Å². The number of nitrogens with zero attached hydrogens (tertiary/aromatic N) is 8. The topological polar surface area (TPSA) is 122 Å². The molecule has 0 saturated carbocycles. The minimum Gasteiger partial charge on any atom is -0.399 e. The molecule has 10 aromatic carbocycles. The largest absolute Gasteiger partial charge is 0.496 e. The Morgan fingerprint density at radius 3 is 0.855 bits per heavy atom. The van der Waals surface area contributed by atoms with E-state index in [2.05, 4.69) is 386 Å². The molecule has 0 N–H and O–H groups in total. The number of pyridine rings is 2. The summed E-state index contributed by atoms with van der Waals surface area (Å²) in [4.78, 5) is 38.6. The first-order valence-electron chi connectivity index (χ1n) is 51.5. The van der Waals surface area contributed by atoms with Gasteiger partial charge in [-0.3, -0.25) is 9.97 Å². The Morgan fingerprint density at radius 2 is 0.558 bits per heavy atom. The number of unbranched alkanes of at least 4 members (excludes halogenated alkanes) is 12. The fraction of sp³-hybridized carbons (Fsp3) is 0.397. The Bertz CT molecular complexity index is 6290. The number of hydrogen-bond acceptors (Lipinski definition) is 10. The number of hydrogen-bond donors (Lipinski definition) is 0. The molecule has 0 bridgehead atoms. The van der Waals surface area contributed by atoms with Gasteiger partial charge in [0.05, 0.1) is 22.6 Å². The summed E-state index contributed by atoms with van der Waals surface area (Å²) in [5.41, 5.74) is 33.4. The third kappa shape index (κ3) is 23.1. The molecule has 2 aliphatic carbocycles. The summed E-state index contributed by atoms with van der Waals surface area (Å²) in [6, 6.07) is 89.5.